The van der Waals surface area contributed by atoms with E-state index in [0.717, 1.165) is 26.2 Å². The average Bonchev–Trinajstić information content (AvgIpc) is 2.70. The van der Waals surface area contributed by atoms with Crippen molar-refractivity contribution in [2.45, 2.75) is 55.5 Å². The van der Waals surface area contributed by atoms with Crippen LogP contribution in [-0.4, -0.2) is 47.8 Å². The Morgan fingerprint density at radius 1 is 1.10 bits per heavy atom. The van der Waals surface area contributed by atoms with Crippen molar-refractivity contribution in [3.63, 3.8) is 0 Å². The van der Waals surface area contributed by atoms with Gasteiger partial charge in [-0.3, -0.25) is 4.90 Å². The Labute approximate surface area is 180 Å². The van der Waals surface area contributed by atoms with E-state index in [1.165, 1.54) is 26.6 Å². The summed E-state index contributed by atoms with van der Waals surface area (Å²) in [7, 11) is 0. The molecule has 4 heteroatoms. The molecule has 0 saturated carbocycles. The van der Waals surface area contributed by atoms with E-state index in [1.54, 1.807) is 0 Å². The first-order valence-electron chi connectivity index (χ1n) is 10.5. The maximum atomic E-state index is 10.7. The quantitative estimate of drug-likeness (QED) is 0.627. The predicted molar refractivity (Wildman–Crippen MR) is 125 cm³/mol. The van der Waals surface area contributed by atoms with Crippen molar-refractivity contribution in [2.24, 2.45) is 0 Å². The topological polar surface area (TPSA) is 26.7 Å². The van der Waals surface area contributed by atoms with E-state index in [0.29, 0.717) is 6.42 Å². The van der Waals surface area contributed by atoms with E-state index in [4.69, 9.17) is 0 Å². The first-order chi connectivity index (χ1) is 13.8. The van der Waals surface area contributed by atoms with E-state index in [-0.39, 0.29) is 6.04 Å². The third kappa shape index (κ3) is 5.25. The standard InChI is InChI=1S/C25H34N2OS/c1-6-13-25(5,28)21(4)26-14-16-27(17-15-26)22-9-7-8-10-24(22)29-23-12-11-19(2)18-20(23)3/h6-12,18,21,28H,1,13-17H2,2-5H3/t21-,25+/m1/s1. The summed E-state index contributed by atoms with van der Waals surface area (Å²) < 4.78 is 0. The molecule has 3 nitrogen and oxygen atoms in total. The van der Waals surface area contributed by atoms with Crippen LogP contribution >= 0.6 is 11.8 Å². The van der Waals surface area contributed by atoms with Gasteiger partial charge in [0.1, 0.15) is 0 Å². The first-order valence-corrected chi connectivity index (χ1v) is 11.3. The number of hydrogen-bond acceptors (Lipinski definition) is 4. The Bertz CT molecular complexity index is 840. The molecular weight excluding hydrogens is 376 g/mol. The number of anilines is 1. The third-order valence-electron chi connectivity index (χ3n) is 6.08. The molecule has 1 aliphatic rings. The summed E-state index contributed by atoms with van der Waals surface area (Å²) in [6.45, 7) is 16.0. The van der Waals surface area contributed by atoms with Crippen molar-refractivity contribution in [1.29, 1.82) is 0 Å². The monoisotopic (exact) mass is 410 g/mol. The minimum Gasteiger partial charge on any atom is -0.388 e. The van der Waals surface area contributed by atoms with Crippen molar-refractivity contribution in [3.05, 3.63) is 66.2 Å². The van der Waals surface area contributed by atoms with Gasteiger partial charge in [0.2, 0.25) is 0 Å². The summed E-state index contributed by atoms with van der Waals surface area (Å²) in [5, 5.41) is 10.7. The second-order valence-electron chi connectivity index (χ2n) is 8.39. The molecule has 29 heavy (non-hydrogen) atoms. The Kier molecular flexibility index (Phi) is 7.10. The van der Waals surface area contributed by atoms with Crippen LogP contribution in [0, 0.1) is 13.8 Å². The fourth-order valence-corrected chi connectivity index (χ4v) is 5.08. The summed E-state index contributed by atoms with van der Waals surface area (Å²) in [5.74, 6) is 0. The summed E-state index contributed by atoms with van der Waals surface area (Å²) in [5.41, 5.74) is 3.20. The van der Waals surface area contributed by atoms with E-state index in [2.05, 4.69) is 79.6 Å². The van der Waals surface area contributed by atoms with Gasteiger partial charge < -0.3 is 10.0 Å². The summed E-state index contributed by atoms with van der Waals surface area (Å²) >= 11 is 1.85. The number of aliphatic hydroxyl groups is 1. The molecule has 1 aliphatic heterocycles. The zero-order valence-electron chi connectivity index (χ0n) is 18.2. The highest BCUT2D eigenvalue weighted by molar-refractivity contribution is 7.99. The Hall–Kier alpha value is -1.75. The molecule has 2 aromatic carbocycles. The Morgan fingerprint density at radius 2 is 1.79 bits per heavy atom. The van der Waals surface area contributed by atoms with Crippen molar-refractivity contribution in [2.75, 3.05) is 31.1 Å². The van der Waals surface area contributed by atoms with E-state index >= 15 is 0 Å². The zero-order chi connectivity index (χ0) is 21.0. The van der Waals surface area contributed by atoms with Gasteiger partial charge >= 0.3 is 0 Å². The van der Waals surface area contributed by atoms with Gasteiger partial charge in [-0.1, -0.05) is 47.7 Å². The molecule has 156 valence electrons. The molecule has 0 aliphatic carbocycles. The molecule has 1 fully saturated rings. The largest absolute Gasteiger partial charge is 0.388 e. The fraction of sp³-hybridized carbons (Fsp3) is 0.440. The van der Waals surface area contributed by atoms with E-state index in [1.807, 2.05) is 24.8 Å². The van der Waals surface area contributed by atoms with Gasteiger partial charge in [-0.15, -0.1) is 6.58 Å². The smallest absolute Gasteiger partial charge is 0.0805 e. The number of hydrogen-bond donors (Lipinski definition) is 1. The van der Waals surface area contributed by atoms with Crippen LogP contribution in [0.4, 0.5) is 5.69 Å². The average molecular weight is 411 g/mol. The predicted octanol–water partition coefficient (Wildman–Crippen LogP) is 5.29. The van der Waals surface area contributed by atoms with Crippen LogP contribution in [0.3, 0.4) is 0 Å². The molecule has 1 heterocycles. The number of aryl methyl sites for hydroxylation is 2. The minimum atomic E-state index is -0.735. The molecule has 1 saturated heterocycles. The lowest BCUT2D eigenvalue weighted by atomic mass is 9.92. The van der Waals surface area contributed by atoms with Crippen molar-refractivity contribution in [3.8, 4) is 0 Å². The molecule has 0 bridgehead atoms. The van der Waals surface area contributed by atoms with Crippen LogP contribution in [0.1, 0.15) is 31.4 Å². The molecule has 1 N–H and O–H groups in total. The van der Waals surface area contributed by atoms with Gasteiger partial charge in [0, 0.05) is 42.0 Å². The summed E-state index contributed by atoms with van der Waals surface area (Å²) in [6, 6.07) is 15.5. The maximum Gasteiger partial charge on any atom is 0.0805 e. The van der Waals surface area contributed by atoms with Crippen LogP contribution in [0.2, 0.25) is 0 Å². The highest BCUT2D eigenvalue weighted by Gasteiger charge is 2.33. The van der Waals surface area contributed by atoms with Crippen LogP contribution in [0.5, 0.6) is 0 Å². The second-order valence-corrected chi connectivity index (χ2v) is 9.47. The van der Waals surface area contributed by atoms with Crippen LogP contribution in [-0.2, 0) is 0 Å². The lowest BCUT2D eigenvalue weighted by molar-refractivity contribution is -0.0257. The van der Waals surface area contributed by atoms with E-state index < -0.39 is 5.60 Å². The first kappa shape index (κ1) is 21.9. The Morgan fingerprint density at radius 3 is 2.45 bits per heavy atom. The molecule has 0 amide bonds. The molecule has 3 rings (SSSR count). The Balaban J connectivity index is 1.71. The molecule has 0 spiro atoms. The summed E-state index contributed by atoms with van der Waals surface area (Å²) in [6.07, 6.45) is 2.43. The van der Waals surface area contributed by atoms with Crippen molar-refractivity contribution in [1.82, 2.24) is 4.90 Å². The molecular formula is C25H34N2OS. The lowest BCUT2D eigenvalue weighted by Crippen LogP contribution is -2.56. The van der Waals surface area contributed by atoms with Gasteiger partial charge in [0.15, 0.2) is 0 Å². The number of benzene rings is 2. The fourth-order valence-electron chi connectivity index (χ4n) is 4.04. The number of piperazine rings is 1. The SMILES string of the molecule is C=CC[C@](C)(O)[C@@H](C)N1CCN(c2ccccc2Sc2ccc(C)cc2C)CC1. The van der Waals surface area contributed by atoms with Gasteiger partial charge in [0.25, 0.3) is 0 Å². The molecule has 2 aromatic rings. The van der Waals surface area contributed by atoms with Gasteiger partial charge in [-0.2, -0.15) is 0 Å². The normalized spacial score (nSPS) is 18.3. The third-order valence-corrected chi connectivity index (χ3v) is 7.32. The molecule has 0 unspecified atom stereocenters. The van der Waals surface area contributed by atoms with Gasteiger partial charge in [-0.05, 0) is 57.9 Å². The second kappa shape index (κ2) is 9.38. The maximum absolute atomic E-state index is 10.7. The zero-order valence-corrected chi connectivity index (χ0v) is 19.0. The van der Waals surface area contributed by atoms with Crippen molar-refractivity contribution >= 4 is 17.4 Å². The van der Waals surface area contributed by atoms with Crippen LogP contribution in [0.25, 0.3) is 0 Å². The van der Waals surface area contributed by atoms with Gasteiger partial charge in [0.05, 0.1) is 11.3 Å². The van der Waals surface area contributed by atoms with Crippen molar-refractivity contribution < 1.29 is 5.11 Å². The van der Waals surface area contributed by atoms with Crippen LogP contribution in [0.15, 0.2) is 64.9 Å². The number of para-hydroxylation sites is 1. The number of rotatable bonds is 7. The lowest BCUT2D eigenvalue weighted by Gasteiger charge is -2.44. The highest BCUT2D eigenvalue weighted by Crippen LogP contribution is 2.37. The van der Waals surface area contributed by atoms with Gasteiger partial charge in [-0.25, -0.2) is 0 Å². The summed E-state index contributed by atoms with van der Waals surface area (Å²) in [4.78, 5) is 7.51. The molecule has 0 radical (unpaired) electrons. The highest BCUT2D eigenvalue weighted by atomic mass is 32.2. The number of nitrogens with zero attached hydrogens (tertiary/aromatic N) is 2. The van der Waals surface area contributed by atoms with E-state index in [9.17, 15) is 5.11 Å². The molecule has 2 atom stereocenters. The minimum absolute atomic E-state index is 0.113. The molecule has 0 aromatic heterocycles. The van der Waals surface area contributed by atoms with Crippen LogP contribution < -0.4 is 4.90 Å².